The van der Waals surface area contributed by atoms with E-state index in [1.54, 1.807) is 13.8 Å². The molecule has 0 aliphatic carbocycles. The second kappa shape index (κ2) is 7.28. The van der Waals surface area contributed by atoms with Crippen molar-refractivity contribution in [2.75, 3.05) is 19.8 Å². The standard InChI is InChI=1S/C14H23NO4/c1-5-18-12(16)7-10-11(9(3)4)8-15-13(10)14(17)19-6-2/h10-11,13,15H,3,5-8H2,1-2,4H3. The van der Waals surface area contributed by atoms with Gasteiger partial charge in [-0.1, -0.05) is 12.2 Å². The summed E-state index contributed by atoms with van der Waals surface area (Å²) in [4.78, 5) is 23.6. The van der Waals surface area contributed by atoms with E-state index in [0.29, 0.717) is 19.8 Å². The summed E-state index contributed by atoms with van der Waals surface area (Å²) in [5.74, 6) is -0.633. The number of nitrogens with one attached hydrogen (secondary N) is 1. The van der Waals surface area contributed by atoms with Gasteiger partial charge in [0.15, 0.2) is 0 Å². The number of hydrogen-bond acceptors (Lipinski definition) is 5. The monoisotopic (exact) mass is 269 g/mol. The van der Waals surface area contributed by atoms with Crippen LogP contribution in [0, 0.1) is 11.8 Å². The van der Waals surface area contributed by atoms with Crippen LogP contribution < -0.4 is 5.32 Å². The highest BCUT2D eigenvalue weighted by Gasteiger charge is 2.42. The van der Waals surface area contributed by atoms with Crippen LogP contribution in [0.4, 0.5) is 0 Å². The highest BCUT2D eigenvalue weighted by molar-refractivity contribution is 5.78. The fourth-order valence-corrected chi connectivity index (χ4v) is 2.49. The van der Waals surface area contributed by atoms with Gasteiger partial charge in [-0.15, -0.1) is 0 Å². The van der Waals surface area contributed by atoms with Crippen molar-refractivity contribution >= 4 is 11.9 Å². The lowest BCUT2D eigenvalue weighted by atomic mass is 9.84. The van der Waals surface area contributed by atoms with Crippen LogP contribution in [0.1, 0.15) is 27.2 Å². The summed E-state index contributed by atoms with van der Waals surface area (Å²) in [6.07, 6.45) is 0.210. The van der Waals surface area contributed by atoms with Crippen LogP contribution >= 0.6 is 0 Å². The second-order valence-corrected chi connectivity index (χ2v) is 4.76. The van der Waals surface area contributed by atoms with E-state index in [0.717, 1.165) is 5.57 Å². The number of carbonyl (C=O) groups excluding carboxylic acids is 2. The summed E-state index contributed by atoms with van der Waals surface area (Å²) in [6.45, 7) is 10.7. The third kappa shape index (κ3) is 4.06. The lowest BCUT2D eigenvalue weighted by molar-refractivity contribution is -0.148. The Morgan fingerprint density at radius 2 is 1.89 bits per heavy atom. The maximum Gasteiger partial charge on any atom is 0.323 e. The van der Waals surface area contributed by atoms with Gasteiger partial charge in [-0.3, -0.25) is 9.59 Å². The highest BCUT2D eigenvalue weighted by atomic mass is 16.5. The molecule has 3 unspecified atom stereocenters. The third-order valence-electron chi connectivity index (χ3n) is 3.38. The highest BCUT2D eigenvalue weighted by Crippen LogP contribution is 2.31. The van der Waals surface area contributed by atoms with Gasteiger partial charge in [0.1, 0.15) is 6.04 Å². The van der Waals surface area contributed by atoms with Gasteiger partial charge in [0.05, 0.1) is 19.6 Å². The van der Waals surface area contributed by atoms with Crippen LogP contribution in [0.15, 0.2) is 12.2 Å². The van der Waals surface area contributed by atoms with E-state index < -0.39 is 6.04 Å². The number of esters is 2. The van der Waals surface area contributed by atoms with Crippen LogP contribution in [0.5, 0.6) is 0 Å². The molecule has 1 N–H and O–H groups in total. The van der Waals surface area contributed by atoms with Crippen LogP contribution in [-0.2, 0) is 19.1 Å². The molecule has 0 aromatic rings. The van der Waals surface area contributed by atoms with Gasteiger partial charge in [-0.25, -0.2) is 0 Å². The summed E-state index contributed by atoms with van der Waals surface area (Å²) in [5, 5.41) is 3.13. The van der Waals surface area contributed by atoms with Crippen molar-refractivity contribution in [3.05, 3.63) is 12.2 Å². The minimum absolute atomic E-state index is 0.0961. The molecule has 1 aliphatic heterocycles. The summed E-state index contributed by atoms with van der Waals surface area (Å²) >= 11 is 0. The molecule has 5 heteroatoms. The first-order chi connectivity index (χ1) is 9.01. The predicted octanol–water partition coefficient (Wildman–Crippen LogP) is 1.28. The normalized spacial score (nSPS) is 25.9. The van der Waals surface area contributed by atoms with E-state index in [9.17, 15) is 9.59 Å². The fourth-order valence-electron chi connectivity index (χ4n) is 2.49. The summed E-state index contributed by atoms with van der Waals surface area (Å²) in [7, 11) is 0. The van der Waals surface area contributed by atoms with Crippen molar-refractivity contribution in [3.8, 4) is 0 Å². The van der Waals surface area contributed by atoms with E-state index in [-0.39, 0.29) is 30.2 Å². The molecular weight excluding hydrogens is 246 g/mol. The molecule has 0 saturated carbocycles. The number of rotatable bonds is 6. The first-order valence-corrected chi connectivity index (χ1v) is 6.72. The minimum Gasteiger partial charge on any atom is -0.466 e. The summed E-state index contributed by atoms with van der Waals surface area (Å²) in [5.41, 5.74) is 0.966. The number of carbonyl (C=O) groups is 2. The minimum atomic E-state index is -0.453. The molecule has 1 fully saturated rings. The zero-order chi connectivity index (χ0) is 14.4. The molecule has 1 aliphatic rings. The first kappa shape index (κ1) is 15.7. The van der Waals surface area contributed by atoms with Gasteiger partial charge in [0, 0.05) is 12.5 Å². The Labute approximate surface area is 114 Å². The quantitative estimate of drug-likeness (QED) is 0.581. The molecule has 1 rings (SSSR count). The first-order valence-electron chi connectivity index (χ1n) is 6.72. The zero-order valence-corrected chi connectivity index (χ0v) is 11.9. The lowest BCUT2D eigenvalue weighted by Crippen LogP contribution is -2.38. The van der Waals surface area contributed by atoms with E-state index >= 15 is 0 Å². The molecular formula is C14H23NO4. The number of hydrogen-bond donors (Lipinski definition) is 1. The Kier molecular flexibility index (Phi) is 6.02. The molecule has 19 heavy (non-hydrogen) atoms. The average molecular weight is 269 g/mol. The molecule has 3 atom stereocenters. The van der Waals surface area contributed by atoms with Gasteiger partial charge in [0.2, 0.25) is 0 Å². The van der Waals surface area contributed by atoms with Crippen molar-refractivity contribution in [1.82, 2.24) is 5.32 Å². The molecule has 0 spiro atoms. The molecule has 0 aromatic heterocycles. The molecule has 0 radical (unpaired) electrons. The fraction of sp³-hybridized carbons (Fsp3) is 0.714. The van der Waals surface area contributed by atoms with Crippen LogP contribution in [0.2, 0.25) is 0 Å². The van der Waals surface area contributed by atoms with Gasteiger partial charge in [-0.2, -0.15) is 0 Å². The predicted molar refractivity (Wildman–Crippen MR) is 71.5 cm³/mol. The van der Waals surface area contributed by atoms with Crippen LogP contribution in [-0.4, -0.2) is 37.7 Å². The van der Waals surface area contributed by atoms with Crippen LogP contribution in [0.3, 0.4) is 0 Å². The maximum atomic E-state index is 11.9. The van der Waals surface area contributed by atoms with E-state index in [2.05, 4.69) is 11.9 Å². The molecule has 5 nitrogen and oxygen atoms in total. The molecule has 108 valence electrons. The average Bonchev–Trinajstić information content (AvgIpc) is 2.73. The summed E-state index contributed by atoms with van der Waals surface area (Å²) in [6, 6.07) is -0.453. The van der Waals surface area contributed by atoms with Crippen LogP contribution in [0.25, 0.3) is 0 Å². The molecule has 1 heterocycles. The third-order valence-corrected chi connectivity index (χ3v) is 3.38. The topological polar surface area (TPSA) is 64.6 Å². The molecule has 0 amide bonds. The van der Waals surface area contributed by atoms with Crippen molar-refractivity contribution < 1.29 is 19.1 Å². The Balaban J connectivity index is 2.77. The van der Waals surface area contributed by atoms with E-state index in [4.69, 9.17) is 9.47 Å². The van der Waals surface area contributed by atoms with Crippen molar-refractivity contribution in [2.24, 2.45) is 11.8 Å². The SMILES string of the molecule is C=C(C)C1CNC(C(=O)OCC)C1CC(=O)OCC. The second-order valence-electron chi connectivity index (χ2n) is 4.76. The van der Waals surface area contributed by atoms with Crippen molar-refractivity contribution in [1.29, 1.82) is 0 Å². The van der Waals surface area contributed by atoms with Gasteiger partial charge in [-0.05, 0) is 26.7 Å². The van der Waals surface area contributed by atoms with Gasteiger partial charge >= 0.3 is 11.9 Å². The smallest absolute Gasteiger partial charge is 0.323 e. The van der Waals surface area contributed by atoms with Gasteiger partial charge in [0.25, 0.3) is 0 Å². The summed E-state index contributed by atoms with van der Waals surface area (Å²) < 4.78 is 10.0. The number of ether oxygens (including phenoxy) is 2. The Morgan fingerprint density at radius 1 is 1.26 bits per heavy atom. The van der Waals surface area contributed by atoms with Gasteiger partial charge < -0.3 is 14.8 Å². The molecule has 0 bridgehead atoms. The van der Waals surface area contributed by atoms with E-state index in [1.807, 2.05) is 6.92 Å². The maximum absolute atomic E-state index is 11.9. The Morgan fingerprint density at radius 3 is 2.42 bits per heavy atom. The van der Waals surface area contributed by atoms with E-state index in [1.165, 1.54) is 0 Å². The lowest BCUT2D eigenvalue weighted by Gasteiger charge is -2.22. The Hall–Kier alpha value is -1.36. The zero-order valence-electron chi connectivity index (χ0n) is 11.9. The largest absolute Gasteiger partial charge is 0.466 e. The van der Waals surface area contributed by atoms with Crippen molar-refractivity contribution in [2.45, 2.75) is 33.2 Å². The molecule has 1 saturated heterocycles. The molecule has 0 aromatic carbocycles. The van der Waals surface area contributed by atoms with Crippen molar-refractivity contribution in [3.63, 3.8) is 0 Å². The Bertz CT molecular complexity index is 353.